The predicted octanol–water partition coefficient (Wildman–Crippen LogP) is 3.39. The molecule has 0 amide bonds. The molecule has 3 nitrogen and oxygen atoms in total. The number of allylic oxidation sites excluding steroid dienone is 1. The molecule has 0 fully saturated rings. The van der Waals surface area contributed by atoms with Crippen molar-refractivity contribution < 1.29 is 4.74 Å². The summed E-state index contributed by atoms with van der Waals surface area (Å²) in [6.45, 7) is 7.91. The van der Waals surface area contributed by atoms with Crippen LogP contribution in [-0.2, 0) is 4.74 Å². The van der Waals surface area contributed by atoms with E-state index in [1.54, 1.807) is 0 Å². The van der Waals surface area contributed by atoms with Gasteiger partial charge >= 0.3 is 0 Å². The molecule has 0 saturated carbocycles. The first-order valence-corrected chi connectivity index (χ1v) is 5.81. The van der Waals surface area contributed by atoms with Crippen LogP contribution in [0.15, 0.2) is 14.8 Å². The topological polar surface area (TPSA) is 45.4 Å². The van der Waals surface area contributed by atoms with E-state index in [0.29, 0.717) is 5.92 Å². The van der Waals surface area contributed by atoms with Gasteiger partial charge in [0.15, 0.2) is 0 Å². The van der Waals surface area contributed by atoms with Gasteiger partial charge in [0.25, 0.3) is 0 Å². The van der Waals surface area contributed by atoms with Crippen molar-refractivity contribution >= 4 is 34.7 Å². The summed E-state index contributed by atoms with van der Waals surface area (Å²) in [4.78, 5) is 4.17. The molecule has 0 spiro atoms. The minimum Gasteiger partial charge on any atom is -0.474 e. The van der Waals surface area contributed by atoms with E-state index in [9.17, 15) is 0 Å². The molecule has 4 heteroatoms. The number of rotatable bonds is 4. The van der Waals surface area contributed by atoms with E-state index < -0.39 is 0 Å². The number of hydrogen-bond acceptors (Lipinski definition) is 3. The third kappa shape index (κ3) is 6.12. The second-order valence-corrected chi connectivity index (χ2v) is 4.10. The Kier molecular flexibility index (Phi) is 6.78. The van der Waals surface area contributed by atoms with Gasteiger partial charge in [-0.05, 0) is 23.8 Å². The third-order valence-corrected chi connectivity index (χ3v) is 2.03. The van der Waals surface area contributed by atoms with E-state index in [2.05, 4.69) is 41.4 Å². The van der Waals surface area contributed by atoms with Gasteiger partial charge in [-0.25, -0.2) is 0 Å². The van der Waals surface area contributed by atoms with Crippen LogP contribution in [0, 0.1) is 11.3 Å². The summed E-state index contributed by atoms with van der Waals surface area (Å²) in [5.41, 5.74) is 0.961. The summed E-state index contributed by atoms with van der Waals surface area (Å²) in [7, 11) is 0. The highest BCUT2D eigenvalue weighted by Crippen LogP contribution is 2.12. The summed E-state index contributed by atoms with van der Waals surface area (Å²) >= 11 is 2.15. The number of hydrogen-bond donors (Lipinski definition) is 1. The zero-order valence-corrected chi connectivity index (χ0v) is 11.2. The largest absolute Gasteiger partial charge is 0.474 e. The van der Waals surface area contributed by atoms with Crippen molar-refractivity contribution in [3.63, 3.8) is 0 Å². The van der Waals surface area contributed by atoms with Crippen molar-refractivity contribution in [3.8, 4) is 0 Å². The van der Waals surface area contributed by atoms with Crippen LogP contribution in [0.2, 0.25) is 0 Å². The van der Waals surface area contributed by atoms with E-state index in [-0.39, 0.29) is 12.0 Å². The van der Waals surface area contributed by atoms with Crippen LogP contribution < -0.4 is 0 Å². The predicted molar refractivity (Wildman–Crippen MR) is 69.4 cm³/mol. The van der Waals surface area contributed by atoms with Crippen LogP contribution in [0.25, 0.3) is 0 Å². The fourth-order valence-electron chi connectivity index (χ4n) is 0.721. The Bertz CT molecular complexity index is 245. The van der Waals surface area contributed by atoms with Gasteiger partial charge in [-0.15, -0.1) is 0 Å². The summed E-state index contributed by atoms with van der Waals surface area (Å²) in [5, 5.41) is 7.43. The Hall–Kier alpha value is -0.390. The van der Waals surface area contributed by atoms with E-state index in [4.69, 9.17) is 10.1 Å². The van der Waals surface area contributed by atoms with Gasteiger partial charge in [0.1, 0.15) is 0 Å². The van der Waals surface area contributed by atoms with Crippen molar-refractivity contribution in [2.75, 3.05) is 0 Å². The molecule has 0 atom stereocenters. The van der Waals surface area contributed by atoms with E-state index in [1.165, 1.54) is 6.21 Å². The molecule has 0 bridgehead atoms. The zero-order chi connectivity index (χ0) is 11.1. The van der Waals surface area contributed by atoms with Crippen LogP contribution in [0.3, 0.4) is 0 Å². The normalized spacial score (nSPS) is 12.9. The highest BCUT2D eigenvalue weighted by molar-refractivity contribution is 14.1. The lowest BCUT2D eigenvalue weighted by Crippen LogP contribution is -2.11. The van der Waals surface area contributed by atoms with Crippen molar-refractivity contribution in [2.45, 2.75) is 33.8 Å². The Morgan fingerprint density at radius 3 is 2.29 bits per heavy atom. The number of aliphatic imine (C=N–C) groups is 1. The van der Waals surface area contributed by atoms with Crippen molar-refractivity contribution in [2.24, 2.45) is 10.9 Å². The molecule has 0 aliphatic rings. The molecule has 0 aromatic carbocycles. The zero-order valence-electron chi connectivity index (χ0n) is 9.04. The summed E-state index contributed by atoms with van der Waals surface area (Å²) in [6, 6.07) is 0. The summed E-state index contributed by atoms with van der Waals surface area (Å²) in [6.07, 6.45) is 1.48. The molecule has 0 aliphatic carbocycles. The molecule has 80 valence electrons. The molecule has 1 N–H and O–H groups in total. The highest BCUT2D eigenvalue weighted by Gasteiger charge is 2.01. The summed E-state index contributed by atoms with van der Waals surface area (Å²) < 4.78 is 7.05. The average Bonchev–Trinajstić information content (AvgIpc) is 2.03. The monoisotopic (exact) mass is 308 g/mol. The lowest BCUT2D eigenvalue weighted by Gasteiger charge is -2.07. The number of nitrogens with one attached hydrogen (secondary N) is 1. The molecule has 14 heavy (non-hydrogen) atoms. The maximum atomic E-state index is 7.43. The Labute approximate surface area is 99.3 Å². The van der Waals surface area contributed by atoms with Gasteiger partial charge in [0, 0.05) is 5.70 Å². The van der Waals surface area contributed by atoms with Gasteiger partial charge in [-0.2, -0.15) is 0 Å². The average molecular weight is 308 g/mol. The molecular formula is C10H17IN2O. The molecule has 0 aromatic heterocycles. The highest BCUT2D eigenvalue weighted by atomic mass is 127. The van der Waals surface area contributed by atoms with Crippen LogP contribution in [-0.4, -0.2) is 18.2 Å². The van der Waals surface area contributed by atoms with E-state index >= 15 is 0 Å². The SMILES string of the molecule is CC(C)OC(=N)C=N/C(=C\I)C(C)C. The van der Waals surface area contributed by atoms with E-state index in [1.807, 2.05) is 17.9 Å². The van der Waals surface area contributed by atoms with Gasteiger partial charge in [0.05, 0.1) is 12.3 Å². The van der Waals surface area contributed by atoms with Gasteiger partial charge in [-0.1, -0.05) is 36.4 Å². The van der Waals surface area contributed by atoms with Gasteiger partial charge in [0.2, 0.25) is 5.90 Å². The smallest absolute Gasteiger partial charge is 0.224 e. The molecule has 0 saturated heterocycles. The Morgan fingerprint density at radius 1 is 1.36 bits per heavy atom. The number of ether oxygens (including phenoxy) is 1. The maximum absolute atomic E-state index is 7.43. The van der Waals surface area contributed by atoms with Crippen molar-refractivity contribution in [3.05, 3.63) is 9.78 Å². The van der Waals surface area contributed by atoms with Gasteiger partial charge < -0.3 is 4.74 Å². The maximum Gasteiger partial charge on any atom is 0.224 e. The second kappa shape index (κ2) is 6.98. The minimum absolute atomic E-state index is 0.0278. The van der Waals surface area contributed by atoms with Crippen LogP contribution in [0.5, 0.6) is 0 Å². The molecule has 0 aromatic rings. The standard InChI is InChI=1S/C10H17IN2O/c1-7(2)9(5-11)13-6-10(12)14-8(3)4/h5-8,12H,1-4H3/b9-5-,12-10?,13-6?. The van der Waals surface area contributed by atoms with Crippen LogP contribution in [0.4, 0.5) is 0 Å². The lowest BCUT2D eigenvalue weighted by molar-refractivity contribution is 0.232. The Balaban J connectivity index is 4.22. The quantitative estimate of drug-likeness (QED) is 0.483. The second-order valence-electron chi connectivity index (χ2n) is 3.48. The van der Waals surface area contributed by atoms with Gasteiger partial charge in [-0.3, -0.25) is 10.4 Å². The molecular weight excluding hydrogens is 291 g/mol. The Morgan fingerprint density at radius 2 is 1.93 bits per heavy atom. The minimum atomic E-state index is 0.0278. The lowest BCUT2D eigenvalue weighted by atomic mass is 10.2. The molecule has 0 unspecified atom stereocenters. The first-order chi connectivity index (χ1) is 6.47. The molecule has 0 radical (unpaired) electrons. The summed E-state index contributed by atoms with van der Waals surface area (Å²) in [5.74, 6) is 0.478. The van der Waals surface area contributed by atoms with Crippen molar-refractivity contribution in [1.82, 2.24) is 0 Å². The first-order valence-electron chi connectivity index (χ1n) is 4.57. The van der Waals surface area contributed by atoms with Crippen molar-refractivity contribution in [1.29, 1.82) is 5.41 Å². The number of halogens is 1. The molecule has 0 rings (SSSR count). The molecule has 0 aliphatic heterocycles. The first kappa shape index (κ1) is 13.6. The molecule has 0 heterocycles. The van der Waals surface area contributed by atoms with E-state index in [0.717, 1.165) is 5.70 Å². The fraction of sp³-hybridized carbons (Fsp3) is 0.600. The fourth-order valence-corrected chi connectivity index (χ4v) is 1.60. The van der Waals surface area contributed by atoms with Crippen LogP contribution in [0.1, 0.15) is 27.7 Å². The van der Waals surface area contributed by atoms with Crippen LogP contribution >= 0.6 is 22.6 Å². The third-order valence-electron chi connectivity index (χ3n) is 1.40. The number of nitrogens with zero attached hydrogens (tertiary/aromatic N) is 1.